The van der Waals surface area contributed by atoms with Crippen molar-refractivity contribution in [3.8, 4) is 5.75 Å². The number of hydrogen-bond donors (Lipinski definition) is 2. The van der Waals surface area contributed by atoms with Gasteiger partial charge in [0.05, 0.1) is 34.5 Å². The first-order chi connectivity index (χ1) is 16.6. The van der Waals surface area contributed by atoms with E-state index in [-0.39, 0.29) is 0 Å². The van der Waals surface area contributed by atoms with Crippen LogP contribution in [-0.2, 0) is 32.4 Å². The lowest BCUT2D eigenvalue weighted by atomic mass is 10.2. The molecule has 0 saturated heterocycles. The normalized spacial score (nSPS) is 12.8. The number of anilines is 2. The van der Waals surface area contributed by atoms with Crippen LogP contribution in [0.15, 0.2) is 76.5 Å². The highest BCUT2D eigenvalue weighted by molar-refractivity contribution is 7.93. The number of rotatable bonds is 7. The van der Waals surface area contributed by atoms with Gasteiger partial charge >= 0.3 is 12.4 Å². The van der Waals surface area contributed by atoms with Gasteiger partial charge in [-0.15, -0.1) is 0 Å². The highest BCUT2D eigenvalue weighted by Crippen LogP contribution is 2.38. The molecule has 15 heteroatoms. The van der Waals surface area contributed by atoms with Crippen LogP contribution in [0.3, 0.4) is 0 Å². The van der Waals surface area contributed by atoms with E-state index in [1.807, 2.05) is 0 Å². The topological polar surface area (TPSA) is 102 Å². The molecule has 0 unspecified atom stereocenters. The fraction of sp³-hybridized carbons (Fsp3) is 0.143. The van der Waals surface area contributed by atoms with Crippen molar-refractivity contribution in [2.75, 3.05) is 16.6 Å². The summed E-state index contributed by atoms with van der Waals surface area (Å²) in [5.74, 6) is -0.429. The van der Waals surface area contributed by atoms with Crippen molar-refractivity contribution >= 4 is 31.4 Å². The van der Waals surface area contributed by atoms with Crippen molar-refractivity contribution in [3.05, 3.63) is 77.9 Å². The summed E-state index contributed by atoms with van der Waals surface area (Å²) in [7, 11) is -8.63. The number of hydrogen-bond acceptors (Lipinski definition) is 5. The Balaban J connectivity index is 2.06. The highest BCUT2D eigenvalue weighted by Gasteiger charge is 2.36. The Morgan fingerprint density at radius 1 is 0.667 bits per heavy atom. The summed E-state index contributed by atoms with van der Waals surface area (Å²) in [6.07, 6.45) is -9.81. The highest BCUT2D eigenvalue weighted by atomic mass is 32.2. The predicted molar refractivity (Wildman–Crippen MR) is 117 cm³/mol. The molecule has 0 aliphatic heterocycles. The average molecular weight is 554 g/mol. The van der Waals surface area contributed by atoms with Crippen molar-refractivity contribution < 1.29 is 47.9 Å². The zero-order chi connectivity index (χ0) is 26.9. The molecule has 0 spiro atoms. The van der Waals surface area contributed by atoms with Gasteiger partial charge in [0.25, 0.3) is 20.0 Å². The maximum absolute atomic E-state index is 13.3. The molecular weight excluding hydrogens is 538 g/mol. The zero-order valence-corrected chi connectivity index (χ0v) is 19.6. The fourth-order valence-corrected chi connectivity index (χ4v) is 5.53. The summed E-state index contributed by atoms with van der Waals surface area (Å²) in [4.78, 5) is -1.65. The van der Waals surface area contributed by atoms with E-state index in [2.05, 4.69) is 0 Å². The minimum absolute atomic E-state index is 0.429. The lowest BCUT2D eigenvalue weighted by molar-refractivity contribution is -0.137. The first kappa shape index (κ1) is 27.1. The summed E-state index contributed by atoms with van der Waals surface area (Å²) in [6.45, 7) is 0. The molecule has 0 aliphatic carbocycles. The van der Waals surface area contributed by atoms with Crippen molar-refractivity contribution in [3.63, 3.8) is 0 Å². The van der Waals surface area contributed by atoms with E-state index in [4.69, 9.17) is 4.74 Å². The second kappa shape index (κ2) is 9.54. The van der Waals surface area contributed by atoms with Gasteiger partial charge in [-0.3, -0.25) is 9.44 Å². The van der Waals surface area contributed by atoms with Crippen LogP contribution in [0.25, 0.3) is 0 Å². The van der Waals surface area contributed by atoms with Crippen molar-refractivity contribution in [2.45, 2.75) is 22.1 Å². The third kappa shape index (κ3) is 5.84. The number of benzene rings is 3. The van der Waals surface area contributed by atoms with Crippen molar-refractivity contribution in [2.24, 2.45) is 0 Å². The molecule has 0 aliphatic rings. The number of alkyl halides is 6. The van der Waals surface area contributed by atoms with Gasteiger partial charge in [-0.2, -0.15) is 26.3 Å². The predicted octanol–water partition coefficient (Wildman–Crippen LogP) is 5.33. The van der Waals surface area contributed by atoms with Gasteiger partial charge in [0, 0.05) is 0 Å². The molecule has 194 valence electrons. The Morgan fingerprint density at radius 3 is 1.56 bits per heavy atom. The second-order valence-corrected chi connectivity index (χ2v) is 10.4. The standard InChI is InChI=1S/C21H16F6N2O5S2/c1-34-18-11-10-13(35(30,31)28-16-8-4-2-6-14(16)20(22,23)24)12-19(18)36(32,33)29-17-9-5-3-7-15(17)21(25,26)27/h2-12,28-29H,1H3. The lowest BCUT2D eigenvalue weighted by Gasteiger charge is -2.17. The van der Waals surface area contributed by atoms with Gasteiger partial charge < -0.3 is 4.74 Å². The van der Waals surface area contributed by atoms with Crippen LogP contribution in [0.2, 0.25) is 0 Å². The molecule has 0 saturated carbocycles. The van der Waals surface area contributed by atoms with Gasteiger partial charge in [0.15, 0.2) is 0 Å². The van der Waals surface area contributed by atoms with Crippen LogP contribution < -0.4 is 14.2 Å². The first-order valence-corrected chi connectivity index (χ1v) is 12.6. The quantitative estimate of drug-likeness (QED) is 0.385. The molecule has 3 aromatic carbocycles. The smallest absolute Gasteiger partial charge is 0.418 e. The molecule has 0 atom stereocenters. The molecule has 3 aromatic rings. The molecule has 3 rings (SSSR count). The Morgan fingerprint density at radius 2 is 1.11 bits per heavy atom. The van der Waals surface area contributed by atoms with E-state index in [1.165, 1.54) is 0 Å². The second-order valence-electron chi connectivity index (χ2n) is 7.11. The molecular formula is C21H16F6N2O5S2. The van der Waals surface area contributed by atoms with E-state index in [0.717, 1.165) is 55.6 Å². The summed E-state index contributed by atoms with van der Waals surface area (Å²) in [5.41, 5.74) is -4.25. The van der Waals surface area contributed by atoms with E-state index in [0.29, 0.717) is 18.2 Å². The maximum Gasteiger partial charge on any atom is 0.418 e. The molecule has 0 aromatic heterocycles. The number of halogens is 6. The summed E-state index contributed by atoms with van der Waals surface area (Å²) < 4.78 is 140. The Bertz CT molecular complexity index is 1490. The van der Waals surface area contributed by atoms with Crippen LogP contribution >= 0.6 is 0 Å². The minimum atomic E-state index is -4.91. The summed E-state index contributed by atoms with van der Waals surface area (Å²) in [5, 5.41) is 0. The third-order valence-electron chi connectivity index (χ3n) is 4.69. The van der Waals surface area contributed by atoms with Crippen LogP contribution in [0, 0.1) is 0 Å². The van der Waals surface area contributed by atoms with Crippen LogP contribution in [0.4, 0.5) is 37.7 Å². The van der Waals surface area contributed by atoms with Crippen LogP contribution in [0.5, 0.6) is 5.75 Å². The third-order valence-corrected chi connectivity index (χ3v) is 7.44. The fourth-order valence-electron chi connectivity index (χ4n) is 3.08. The molecule has 0 amide bonds. The number of para-hydroxylation sites is 2. The number of methoxy groups -OCH3 is 1. The Kier molecular flexibility index (Phi) is 7.19. The van der Waals surface area contributed by atoms with Gasteiger partial charge in [0.1, 0.15) is 10.6 Å². The SMILES string of the molecule is COc1ccc(S(=O)(=O)Nc2ccccc2C(F)(F)F)cc1S(=O)(=O)Nc1ccccc1C(F)(F)F. The van der Waals surface area contributed by atoms with E-state index >= 15 is 0 Å². The largest absolute Gasteiger partial charge is 0.495 e. The van der Waals surface area contributed by atoms with Gasteiger partial charge in [-0.1, -0.05) is 24.3 Å². The molecule has 36 heavy (non-hydrogen) atoms. The van der Waals surface area contributed by atoms with Crippen LogP contribution in [0.1, 0.15) is 11.1 Å². The summed E-state index contributed by atoms with van der Waals surface area (Å²) in [6, 6.07) is 9.68. The van der Waals surface area contributed by atoms with Crippen LogP contribution in [-0.4, -0.2) is 23.9 Å². The van der Waals surface area contributed by atoms with E-state index in [9.17, 15) is 43.2 Å². The van der Waals surface area contributed by atoms with E-state index < -0.39 is 70.4 Å². The molecule has 0 heterocycles. The minimum Gasteiger partial charge on any atom is -0.495 e. The monoisotopic (exact) mass is 554 g/mol. The number of nitrogens with one attached hydrogen (secondary N) is 2. The Hall–Kier alpha value is -3.46. The molecule has 2 N–H and O–H groups in total. The maximum atomic E-state index is 13.3. The average Bonchev–Trinajstić information content (AvgIpc) is 2.77. The zero-order valence-electron chi connectivity index (χ0n) is 18.0. The van der Waals surface area contributed by atoms with E-state index in [1.54, 1.807) is 9.44 Å². The van der Waals surface area contributed by atoms with Gasteiger partial charge in [-0.25, -0.2) is 16.8 Å². The summed E-state index contributed by atoms with van der Waals surface area (Å²) >= 11 is 0. The molecule has 0 fully saturated rings. The van der Waals surface area contributed by atoms with Crippen molar-refractivity contribution in [1.82, 2.24) is 0 Å². The van der Waals surface area contributed by atoms with Crippen molar-refractivity contribution in [1.29, 1.82) is 0 Å². The Labute approximate surface area is 201 Å². The molecule has 7 nitrogen and oxygen atoms in total. The van der Waals surface area contributed by atoms with Gasteiger partial charge in [-0.05, 0) is 42.5 Å². The molecule has 0 bridgehead atoms. The molecule has 0 radical (unpaired) electrons. The van der Waals surface area contributed by atoms with Gasteiger partial charge in [0.2, 0.25) is 0 Å². The number of ether oxygens (including phenoxy) is 1. The number of sulfonamides is 2. The first-order valence-electron chi connectivity index (χ1n) is 9.62. The lowest BCUT2D eigenvalue weighted by Crippen LogP contribution is -2.20.